The molecule has 0 aliphatic rings. The van der Waals surface area contributed by atoms with E-state index in [-0.39, 0.29) is 11.9 Å². The maximum atomic E-state index is 12.6. The summed E-state index contributed by atoms with van der Waals surface area (Å²) in [5.74, 6) is 0.670. The topological polar surface area (TPSA) is 58.9 Å². The number of aromatic nitrogens is 2. The summed E-state index contributed by atoms with van der Waals surface area (Å²) >= 11 is 1.45. The van der Waals surface area contributed by atoms with Crippen molar-refractivity contribution in [3.63, 3.8) is 0 Å². The van der Waals surface area contributed by atoms with Crippen LogP contribution in [0.2, 0.25) is 0 Å². The van der Waals surface area contributed by atoms with Gasteiger partial charge in [-0.15, -0.1) is 11.3 Å². The number of nitrogens with zero attached hydrogens (tertiary/aromatic N) is 3. The smallest absolute Gasteiger partial charge is 0.269 e. The van der Waals surface area contributed by atoms with Crippen LogP contribution < -0.4 is 10.1 Å². The van der Waals surface area contributed by atoms with Gasteiger partial charge in [-0.05, 0) is 33.2 Å². The van der Waals surface area contributed by atoms with E-state index < -0.39 is 0 Å². The Kier molecular flexibility index (Phi) is 5.06. The Labute approximate surface area is 151 Å². The number of thiazole rings is 1. The maximum absolute atomic E-state index is 12.6. The highest BCUT2D eigenvalue weighted by Gasteiger charge is 2.18. The van der Waals surface area contributed by atoms with E-state index in [0.29, 0.717) is 5.69 Å². The summed E-state index contributed by atoms with van der Waals surface area (Å²) in [4.78, 5) is 20.1. The van der Waals surface area contributed by atoms with Crippen LogP contribution in [0.4, 0.5) is 0 Å². The summed E-state index contributed by atoms with van der Waals surface area (Å²) < 4.78 is 7.25. The summed E-state index contributed by atoms with van der Waals surface area (Å²) in [6.45, 7) is 2.78. The first-order valence-electron chi connectivity index (χ1n) is 8.05. The lowest BCUT2D eigenvalue weighted by Gasteiger charge is -2.17. The van der Waals surface area contributed by atoms with Gasteiger partial charge in [0.05, 0.1) is 12.8 Å². The SMILES string of the molecule is COc1ccccc1-c1cn2c(C(=O)N[C@@H](C)CN(C)C)csc2n1. The third kappa shape index (κ3) is 3.67. The molecule has 0 saturated carbocycles. The molecule has 0 bridgehead atoms. The van der Waals surface area contributed by atoms with Crippen LogP contribution in [0.15, 0.2) is 35.8 Å². The zero-order chi connectivity index (χ0) is 18.0. The minimum Gasteiger partial charge on any atom is -0.496 e. The van der Waals surface area contributed by atoms with Gasteiger partial charge in [-0.3, -0.25) is 9.20 Å². The number of nitrogens with one attached hydrogen (secondary N) is 1. The van der Waals surface area contributed by atoms with E-state index in [9.17, 15) is 4.79 Å². The fourth-order valence-corrected chi connectivity index (χ4v) is 3.68. The van der Waals surface area contributed by atoms with E-state index in [1.807, 2.05) is 66.2 Å². The first kappa shape index (κ1) is 17.4. The maximum Gasteiger partial charge on any atom is 0.269 e. The van der Waals surface area contributed by atoms with Crippen molar-refractivity contribution in [1.82, 2.24) is 19.6 Å². The predicted molar refractivity (Wildman–Crippen MR) is 101 cm³/mol. The van der Waals surface area contributed by atoms with Gasteiger partial charge in [0.1, 0.15) is 11.4 Å². The number of para-hydroxylation sites is 1. The van der Waals surface area contributed by atoms with Crippen molar-refractivity contribution in [3.8, 4) is 17.0 Å². The number of hydrogen-bond donors (Lipinski definition) is 1. The highest BCUT2D eigenvalue weighted by atomic mass is 32.1. The van der Waals surface area contributed by atoms with Gasteiger partial charge in [-0.2, -0.15) is 0 Å². The quantitative estimate of drug-likeness (QED) is 0.736. The molecule has 0 fully saturated rings. The molecule has 1 amide bonds. The van der Waals surface area contributed by atoms with Crippen LogP contribution in [0.25, 0.3) is 16.2 Å². The molecule has 0 aliphatic heterocycles. The number of fused-ring (bicyclic) bond motifs is 1. The number of ether oxygens (including phenoxy) is 1. The van der Waals surface area contributed by atoms with Crippen LogP contribution in [0.1, 0.15) is 17.4 Å². The molecule has 6 nitrogen and oxygen atoms in total. The van der Waals surface area contributed by atoms with Crippen molar-refractivity contribution in [3.05, 3.63) is 41.5 Å². The fraction of sp³-hybridized carbons (Fsp3) is 0.333. The summed E-state index contributed by atoms with van der Waals surface area (Å²) in [5, 5.41) is 4.87. The third-order valence-corrected chi connectivity index (χ3v) is 4.68. The van der Waals surface area contributed by atoms with Crippen LogP contribution in [0.5, 0.6) is 5.75 Å². The lowest BCUT2D eigenvalue weighted by atomic mass is 10.1. The number of rotatable bonds is 6. The molecule has 0 aliphatic carbocycles. The van der Waals surface area contributed by atoms with Gasteiger partial charge in [0, 0.05) is 29.7 Å². The van der Waals surface area contributed by atoms with Crippen LogP contribution in [-0.2, 0) is 0 Å². The summed E-state index contributed by atoms with van der Waals surface area (Å²) in [7, 11) is 5.62. The van der Waals surface area contributed by atoms with Gasteiger partial charge in [0.15, 0.2) is 4.96 Å². The van der Waals surface area contributed by atoms with Crippen LogP contribution in [-0.4, -0.2) is 54.0 Å². The summed E-state index contributed by atoms with van der Waals surface area (Å²) in [5.41, 5.74) is 2.30. The van der Waals surface area contributed by atoms with E-state index in [2.05, 4.69) is 10.3 Å². The number of hydrogen-bond acceptors (Lipinski definition) is 5. The molecule has 0 spiro atoms. The Morgan fingerprint density at radius 2 is 2.16 bits per heavy atom. The normalized spacial score (nSPS) is 12.5. The summed E-state index contributed by atoms with van der Waals surface area (Å²) in [6.07, 6.45) is 1.88. The van der Waals surface area contributed by atoms with Crippen LogP contribution in [0, 0.1) is 0 Å². The lowest BCUT2D eigenvalue weighted by molar-refractivity contribution is 0.0928. The van der Waals surface area contributed by atoms with Crippen LogP contribution in [0.3, 0.4) is 0 Å². The zero-order valence-corrected chi connectivity index (χ0v) is 15.6. The molecule has 0 unspecified atom stereocenters. The highest BCUT2D eigenvalue weighted by molar-refractivity contribution is 7.15. The molecular weight excluding hydrogens is 336 g/mol. The first-order chi connectivity index (χ1) is 12.0. The average molecular weight is 358 g/mol. The Morgan fingerprint density at radius 3 is 2.88 bits per heavy atom. The Balaban J connectivity index is 1.89. The second-order valence-electron chi connectivity index (χ2n) is 6.24. The van der Waals surface area contributed by atoms with E-state index in [4.69, 9.17) is 4.74 Å². The van der Waals surface area contributed by atoms with Crippen molar-refractivity contribution >= 4 is 22.2 Å². The molecule has 1 aromatic carbocycles. The molecule has 3 aromatic rings. The van der Waals surface area contributed by atoms with Crippen molar-refractivity contribution in [2.45, 2.75) is 13.0 Å². The lowest BCUT2D eigenvalue weighted by Crippen LogP contribution is -2.39. The number of benzene rings is 1. The third-order valence-electron chi connectivity index (χ3n) is 3.84. The van der Waals surface area contributed by atoms with Gasteiger partial charge in [-0.1, -0.05) is 12.1 Å². The predicted octanol–water partition coefficient (Wildman–Crippen LogP) is 2.75. The van der Waals surface area contributed by atoms with Gasteiger partial charge in [0.2, 0.25) is 0 Å². The van der Waals surface area contributed by atoms with Gasteiger partial charge >= 0.3 is 0 Å². The van der Waals surface area contributed by atoms with Crippen LogP contribution >= 0.6 is 11.3 Å². The average Bonchev–Trinajstić information content (AvgIpc) is 3.13. The van der Waals surface area contributed by atoms with E-state index in [1.165, 1.54) is 11.3 Å². The molecular formula is C18H22N4O2S. The molecule has 0 radical (unpaired) electrons. The fourth-order valence-electron chi connectivity index (χ4n) is 2.82. The number of carbonyl (C=O) groups is 1. The van der Waals surface area contributed by atoms with Crippen molar-refractivity contribution in [1.29, 1.82) is 0 Å². The van der Waals surface area contributed by atoms with Crippen molar-refractivity contribution in [2.75, 3.05) is 27.7 Å². The molecule has 25 heavy (non-hydrogen) atoms. The zero-order valence-electron chi connectivity index (χ0n) is 14.8. The Bertz CT molecular complexity index is 884. The largest absolute Gasteiger partial charge is 0.496 e. The molecule has 7 heteroatoms. The molecule has 3 rings (SSSR count). The van der Waals surface area contributed by atoms with Gasteiger partial charge in [0.25, 0.3) is 5.91 Å². The van der Waals surface area contributed by atoms with E-state index >= 15 is 0 Å². The van der Waals surface area contributed by atoms with E-state index in [0.717, 1.165) is 28.5 Å². The monoisotopic (exact) mass is 358 g/mol. The second-order valence-corrected chi connectivity index (χ2v) is 7.07. The minimum absolute atomic E-state index is 0.0645. The first-order valence-corrected chi connectivity index (χ1v) is 8.93. The summed E-state index contributed by atoms with van der Waals surface area (Å²) in [6, 6.07) is 7.80. The molecule has 132 valence electrons. The molecule has 2 aromatic heterocycles. The second kappa shape index (κ2) is 7.25. The number of likely N-dealkylation sites (N-methyl/N-ethyl adjacent to an activating group) is 1. The minimum atomic E-state index is -0.0930. The Morgan fingerprint density at radius 1 is 1.40 bits per heavy atom. The molecule has 1 atom stereocenters. The molecule has 2 heterocycles. The Hall–Kier alpha value is -2.38. The van der Waals surface area contributed by atoms with E-state index in [1.54, 1.807) is 7.11 Å². The van der Waals surface area contributed by atoms with Gasteiger partial charge in [-0.25, -0.2) is 4.98 Å². The molecule has 1 N–H and O–H groups in total. The number of methoxy groups -OCH3 is 1. The van der Waals surface area contributed by atoms with Crippen molar-refractivity contribution < 1.29 is 9.53 Å². The standard InChI is InChI=1S/C18H22N4O2S/c1-12(9-21(2)3)19-17(23)15-11-25-18-20-14(10-22(15)18)13-7-5-6-8-16(13)24-4/h5-8,10-12H,9H2,1-4H3,(H,19,23)/t12-/m0/s1. The number of amides is 1. The van der Waals surface area contributed by atoms with Gasteiger partial charge < -0.3 is 15.0 Å². The highest BCUT2D eigenvalue weighted by Crippen LogP contribution is 2.30. The molecule has 0 saturated heterocycles. The van der Waals surface area contributed by atoms with Crippen molar-refractivity contribution in [2.24, 2.45) is 0 Å². The number of carbonyl (C=O) groups excluding carboxylic acids is 1. The number of imidazole rings is 1.